The standard InChI is InChI=1S/C15H11BrF2N4OS/c1-2-19-14(23)22-15-21-12-10(18)8(16)6-7(13(12)24-15)11-9(17)4-3-5-20-11/h3-6H,2H2,1H3,(H2,19,21,22,23). The quantitative estimate of drug-likeness (QED) is 0.663. The van der Waals surface area contributed by atoms with Crippen molar-refractivity contribution in [1.82, 2.24) is 15.3 Å². The lowest BCUT2D eigenvalue weighted by atomic mass is 10.1. The van der Waals surface area contributed by atoms with Gasteiger partial charge in [-0.1, -0.05) is 11.3 Å². The van der Waals surface area contributed by atoms with Crippen molar-refractivity contribution in [2.75, 3.05) is 11.9 Å². The number of nitrogens with one attached hydrogen (secondary N) is 2. The second kappa shape index (κ2) is 6.78. The predicted molar refractivity (Wildman–Crippen MR) is 93.2 cm³/mol. The van der Waals surface area contributed by atoms with Crippen molar-refractivity contribution in [3.63, 3.8) is 0 Å². The number of anilines is 1. The molecule has 124 valence electrons. The Kier molecular flexibility index (Phi) is 4.72. The molecular formula is C15H11BrF2N4OS. The maximum atomic E-state index is 14.3. The van der Waals surface area contributed by atoms with Crippen LogP contribution >= 0.6 is 27.3 Å². The van der Waals surface area contributed by atoms with Gasteiger partial charge in [0.2, 0.25) is 0 Å². The Balaban J connectivity index is 2.17. The van der Waals surface area contributed by atoms with Crippen LogP contribution in [0.25, 0.3) is 21.5 Å². The van der Waals surface area contributed by atoms with E-state index in [1.54, 1.807) is 6.92 Å². The molecule has 5 nitrogen and oxygen atoms in total. The van der Waals surface area contributed by atoms with E-state index in [-0.39, 0.29) is 20.8 Å². The average Bonchev–Trinajstić information content (AvgIpc) is 2.96. The molecule has 0 saturated heterocycles. The SMILES string of the molecule is CCNC(=O)Nc1nc2c(F)c(Br)cc(-c3ncccc3F)c2s1. The Morgan fingerprint density at radius 1 is 1.42 bits per heavy atom. The van der Waals surface area contributed by atoms with Gasteiger partial charge in [0, 0.05) is 18.3 Å². The minimum Gasteiger partial charge on any atom is -0.338 e. The third kappa shape index (κ3) is 3.09. The Labute approximate surface area is 148 Å². The van der Waals surface area contributed by atoms with Crippen molar-refractivity contribution >= 4 is 48.6 Å². The van der Waals surface area contributed by atoms with Crippen LogP contribution in [0.4, 0.5) is 18.7 Å². The number of benzene rings is 1. The van der Waals surface area contributed by atoms with Crippen LogP contribution in [0.1, 0.15) is 6.92 Å². The van der Waals surface area contributed by atoms with Gasteiger partial charge in [0.15, 0.2) is 10.9 Å². The molecule has 0 aliphatic rings. The number of urea groups is 1. The minimum absolute atomic E-state index is 0.0428. The fourth-order valence-electron chi connectivity index (χ4n) is 2.14. The lowest BCUT2D eigenvalue weighted by Gasteiger charge is -2.05. The van der Waals surface area contributed by atoms with Gasteiger partial charge >= 0.3 is 6.03 Å². The normalized spacial score (nSPS) is 10.8. The molecule has 2 N–H and O–H groups in total. The van der Waals surface area contributed by atoms with Gasteiger partial charge in [0.05, 0.1) is 9.17 Å². The first-order valence-corrected chi connectivity index (χ1v) is 8.56. The van der Waals surface area contributed by atoms with E-state index in [2.05, 4.69) is 36.5 Å². The maximum absolute atomic E-state index is 14.3. The Morgan fingerprint density at radius 3 is 2.92 bits per heavy atom. The van der Waals surface area contributed by atoms with Crippen LogP contribution in [0.15, 0.2) is 28.9 Å². The molecule has 2 amide bonds. The molecule has 2 aromatic heterocycles. The largest absolute Gasteiger partial charge is 0.338 e. The second-order valence-corrected chi connectivity index (χ2v) is 6.59. The van der Waals surface area contributed by atoms with Crippen LogP contribution < -0.4 is 10.6 Å². The van der Waals surface area contributed by atoms with Crippen molar-refractivity contribution in [3.8, 4) is 11.3 Å². The lowest BCUT2D eigenvalue weighted by Crippen LogP contribution is -2.28. The zero-order valence-corrected chi connectivity index (χ0v) is 14.8. The zero-order valence-electron chi connectivity index (χ0n) is 12.4. The van der Waals surface area contributed by atoms with Gasteiger partial charge in [0.25, 0.3) is 0 Å². The molecule has 0 aliphatic heterocycles. The first kappa shape index (κ1) is 16.7. The number of hydrogen-bond acceptors (Lipinski definition) is 4. The fourth-order valence-corrected chi connectivity index (χ4v) is 3.52. The van der Waals surface area contributed by atoms with Crippen LogP contribution in [0, 0.1) is 11.6 Å². The number of halogens is 3. The number of pyridine rings is 1. The van der Waals surface area contributed by atoms with Crippen molar-refractivity contribution < 1.29 is 13.6 Å². The molecule has 0 spiro atoms. The molecule has 3 rings (SSSR count). The Morgan fingerprint density at radius 2 is 2.21 bits per heavy atom. The third-order valence-corrected chi connectivity index (χ3v) is 4.71. The van der Waals surface area contributed by atoms with Gasteiger partial charge in [-0.05, 0) is 41.1 Å². The summed E-state index contributed by atoms with van der Waals surface area (Å²) >= 11 is 4.17. The molecule has 3 aromatic rings. The summed E-state index contributed by atoms with van der Waals surface area (Å²) in [5.41, 5.74) is 0.537. The minimum atomic E-state index is -0.578. The highest BCUT2D eigenvalue weighted by molar-refractivity contribution is 9.10. The van der Waals surface area contributed by atoms with Crippen molar-refractivity contribution in [2.45, 2.75) is 6.92 Å². The summed E-state index contributed by atoms with van der Waals surface area (Å²) in [5, 5.41) is 5.31. The van der Waals surface area contributed by atoms with Gasteiger partial charge in [-0.15, -0.1) is 0 Å². The average molecular weight is 413 g/mol. The molecule has 1 aromatic carbocycles. The number of nitrogens with zero attached hydrogens (tertiary/aromatic N) is 2. The molecule has 0 unspecified atom stereocenters. The van der Waals surface area contributed by atoms with Gasteiger partial charge in [-0.25, -0.2) is 18.6 Å². The van der Waals surface area contributed by atoms with Crippen molar-refractivity contribution in [3.05, 3.63) is 40.5 Å². The summed E-state index contributed by atoms with van der Waals surface area (Å²) in [6, 6.07) is 3.77. The number of carbonyl (C=O) groups is 1. The van der Waals surface area contributed by atoms with Crippen molar-refractivity contribution in [1.29, 1.82) is 0 Å². The van der Waals surface area contributed by atoms with E-state index in [0.717, 1.165) is 11.3 Å². The van der Waals surface area contributed by atoms with Gasteiger partial charge in [0.1, 0.15) is 17.0 Å². The molecule has 24 heavy (non-hydrogen) atoms. The molecule has 2 heterocycles. The third-order valence-electron chi connectivity index (χ3n) is 3.13. The van der Waals surface area contributed by atoms with Gasteiger partial charge < -0.3 is 5.32 Å². The smallest absolute Gasteiger partial charge is 0.321 e. The summed E-state index contributed by atoms with van der Waals surface area (Å²) in [6.45, 7) is 2.22. The molecule has 0 atom stereocenters. The topological polar surface area (TPSA) is 66.9 Å². The van der Waals surface area contributed by atoms with Crippen LogP contribution in [-0.4, -0.2) is 22.5 Å². The number of fused-ring (bicyclic) bond motifs is 1. The number of aromatic nitrogens is 2. The van der Waals surface area contributed by atoms with E-state index in [4.69, 9.17) is 0 Å². The number of carbonyl (C=O) groups excluding carboxylic acids is 1. The molecule has 0 saturated carbocycles. The van der Waals surface area contributed by atoms with Crippen molar-refractivity contribution in [2.24, 2.45) is 0 Å². The number of amides is 2. The highest BCUT2D eigenvalue weighted by atomic mass is 79.9. The second-order valence-electron chi connectivity index (χ2n) is 4.73. The molecule has 0 aliphatic carbocycles. The van der Waals surface area contributed by atoms with Gasteiger partial charge in [-0.2, -0.15) is 0 Å². The summed E-state index contributed by atoms with van der Waals surface area (Å²) in [7, 11) is 0. The number of rotatable bonds is 3. The predicted octanol–water partition coefficient (Wildman–Crippen LogP) is 4.54. The summed E-state index contributed by atoms with van der Waals surface area (Å²) in [6.07, 6.45) is 1.45. The van der Waals surface area contributed by atoms with E-state index >= 15 is 0 Å². The lowest BCUT2D eigenvalue weighted by molar-refractivity contribution is 0.252. The number of hydrogen-bond donors (Lipinski definition) is 2. The van der Waals surface area contributed by atoms with Crippen LogP contribution in [0.5, 0.6) is 0 Å². The summed E-state index contributed by atoms with van der Waals surface area (Å²) in [5.74, 6) is -1.10. The van der Waals surface area contributed by atoms with Crippen LogP contribution in [0.3, 0.4) is 0 Å². The van der Waals surface area contributed by atoms with E-state index in [1.165, 1.54) is 24.4 Å². The van der Waals surface area contributed by atoms with E-state index in [9.17, 15) is 13.6 Å². The molecule has 9 heteroatoms. The van der Waals surface area contributed by atoms with E-state index in [1.807, 2.05) is 0 Å². The highest BCUT2D eigenvalue weighted by Crippen LogP contribution is 2.39. The number of thiazole rings is 1. The maximum Gasteiger partial charge on any atom is 0.321 e. The Hall–Kier alpha value is -2.13. The molecular weight excluding hydrogens is 402 g/mol. The Bertz CT molecular complexity index is 931. The monoisotopic (exact) mass is 412 g/mol. The molecule has 0 fully saturated rings. The zero-order chi connectivity index (χ0) is 17.3. The summed E-state index contributed by atoms with van der Waals surface area (Å²) in [4.78, 5) is 19.8. The first-order chi connectivity index (χ1) is 11.5. The first-order valence-electron chi connectivity index (χ1n) is 6.95. The molecule has 0 bridgehead atoms. The summed E-state index contributed by atoms with van der Waals surface area (Å²) < 4.78 is 29.0. The van der Waals surface area contributed by atoms with Crippen LogP contribution in [-0.2, 0) is 0 Å². The molecule has 0 radical (unpaired) electrons. The fraction of sp³-hybridized carbons (Fsp3) is 0.133. The van der Waals surface area contributed by atoms with E-state index < -0.39 is 17.7 Å². The van der Waals surface area contributed by atoms with Crippen LogP contribution in [0.2, 0.25) is 0 Å². The van der Waals surface area contributed by atoms with Gasteiger partial charge in [-0.3, -0.25) is 10.3 Å². The van der Waals surface area contributed by atoms with E-state index in [0.29, 0.717) is 16.8 Å². The highest BCUT2D eigenvalue weighted by Gasteiger charge is 2.20.